The molecule has 0 unspecified atom stereocenters. The summed E-state index contributed by atoms with van der Waals surface area (Å²) in [5.41, 5.74) is 0.773. The summed E-state index contributed by atoms with van der Waals surface area (Å²) in [6, 6.07) is 18.5. The number of piperazine rings is 1. The number of halogens is 5. The van der Waals surface area contributed by atoms with Gasteiger partial charge in [0.05, 0.1) is 5.92 Å². The first-order valence-electron chi connectivity index (χ1n) is 10.8. The maximum atomic E-state index is 14.3. The summed E-state index contributed by atoms with van der Waals surface area (Å²) in [6.07, 6.45) is 0. The molecule has 1 saturated heterocycles. The highest BCUT2D eigenvalue weighted by Gasteiger charge is 2.31. The molecule has 0 aromatic heterocycles. The Hall–Kier alpha value is -3.17. The summed E-state index contributed by atoms with van der Waals surface area (Å²) in [4.78, 5) is 16.1. The maximum Gasteiger partial charge on any atom is 0.238 e. The van der Waals surface area contributed by atoms with Crippen LogP contribution < -0.4 is 10.2 Å². The van der Waals surface area contributed by atoms with Gasteiger partial charge in [0.2, 0.25) is 5.91 Å². The quantitative estimate of drug-likeness (QED) is 0.220. The van der Waals surface area contributed by atoms with Crippen molar-refractivity contribution in [3.8, 4) is 0 Å². The van der Waals surface area contributed by atoms with Crippen LogP contribution in [0.5, 0.6) is 0 Å². The molecular formula is C25H20ClF4N3OS. The second-order valence-corrected chi connectivity index (χ2v) is 8.71. The third-order valence-electron chi connectivity index (χ3n) is 5.83. The number of hydrogen-bond donors (Lipinski definition) is 1. The van der Waals surface area contributed by atoms with Gasteiger partial charge >= 0.3 is 0 Å². The maximum absolute atomic E-state index is 14.3. The number of nitrogens with one attached hydrogen (secondary N) is 1. The number of carbonyl (C=O) groups excluding carboxylic acids is 1. The molecule has 35 heavy (non-hydrogen) atoms. The molecule has 1 aliphatic rings. The van der Waals surface area contributed by atoms with Gasteiger partial charge in [-0.3, -0.25) is 4.79 Å². The molecule has 0 radical (unpaired) electrons. The molecule has 0 atom stereocenters. The third kappa shape index (κ3) is 5.11. The first-order chi connectivity index (χ1) is 16.8. The van der Waals surface area contributed by atoms with E-state index in [0.717, 1.165) is 11.1 Å². The molecule has 1 heterocycles. The van der Waals surface area contributed by atoms with Crippen LogP contribution in [0.2, 0.25) is 5.02 Å². The smallest absolute Gasteiger partial charge is 0.238 e. The molecule has 1 N–H and O–H groups in total. The molecule has 1 amide bonds. The molecular weight excluding hydrogens is 502 g/mol. The summed E-state index contributed by atoms with van der Waals surface area (Å²) in [5.74, 6) is -7.30. The fourth-order valence-corrected chi connectivity index (χ4v) is 4.50. The van der Waals surface area contributed by atoms with E-state index in [2.05, 4.69) is 5.32 Å². The summed E-state index contributed by atoms with van der Waals surface area (Å²) in [7, 11) is 0. The molecule has 182 valence electrons. The molecule has 1 fully saturated rings. The first-order valence-corrected chi connectivity index (χ1v) is 11.5. The van der Waals surface area contributed by atoms with Crippen LogP contribution in [0.4, 0.5) is 23.2 Å². The van der Waals surface area contributed by atoms with Crippen molar-refractivity contribution >= 4 is 40.5 Å². The van der Waals surface area contributed by atoms with E-state index < -0.39 is 39.9 Å². The number of carbonyl (C=O) groups is 1. The molecule has 0 saturated carbocycles. The normalized spacial score (nSPS) is 13.8. The Balaban J connectivity index is 1.46. The zero-order chi connectivity index (χ0) is 25.1. The van der Waals surface area contributed by atoms with Crippen LogP contribution in [0.25, 0.3) is 0 Å². The van der Waals surface area contributed by atoms with Crippen LogP contribution in [0.15, 0.2) is 60.7 Å². The molecule has 1 aliphatic heterocycles. The number of amides is 1. The van der Waals surface area contributed by atoms with Crippen LogP contribution in [0.1, 0.15) is 17.0 Å². The van der Waals surface area contributed by atoms with E-state index in [1.54, 1.807) is 4.90 Å². The number of rotatable bonds is 4. The van der Waals surface area contributed by atoms with E-state index in [9.17, 15) is 22.4 Å². The lowest BCUT2D eigenvalue weighted by atomic mass is 9.90. The average molecular weight is 522 g/mol. The summed E-state index contributed by atoms with van der Waals surface area (Å²) >= 11 is 10.7. The van der Waals surface area contributed by atoms with Gasteiger partial charge in [0.1, 0.15) is 10.7 Å². The lowest BCUT2D eigenvalue weighted by Gasteiger charge is -2.37. The summed E-state index contributed by atoms with van der Waals surface area (Å²) < 4.78 is 56.4. The number of anilines is 1. The molecule has 0 bridgehead atoms. The zero-order valence-electron chi connectivity index (χ0n) is 18.3. The molecule has 3 aromatic carbocycles. The van der Waals surface area contributed by atoms with Gasteiger partial charge in [-0.15, -0.1) is 0 Å². The van der Waals surface area contributed by atoms with E-state index in [1.165, 1.54) is 4.90 Å². The molecule has 4 nitrogen and oxygen atoms in total. The van der Waals surface area contributed by atoms with Crippen molar-refractivity contribution in [3.05, 3.63) is 100 Å². The lowest BCUT2D eigenvalue weighted by molar-refractivity contribution is -0.120. The van der Waals surface area contributed by atoms with Gasteiger partial charge in [-0.1, -0.05) is 72.3 Å². The number of thiocarbonyl (C=S) groups is 1. The second kappa shape index (κ2) is 10.6. The molecule has 4 rings (SSSR count). The molecule has 0 spiro atoms. The number of benzene rings is 3. The van der Waals surface area contributed by atoms with E-state index in [4.69, 9.17) is 23.8 Å². The largest absolute Gasteiger partial charge is 0.363 e. The summed E-state index contributed by atoms with van der Waals surface area (Å²) in [5, 5.41) is 1.69. The molecule has 10 heteroatoms. The average Bonchev–Trinajstić information content (AvgIpc) is 2.88. The predicted molar refractivity (Wildman–Crippen MR) is 131 cm³/mol. The highest BCUT2D eigenvalue weighted by atomic mass is 35.5. The van der Waals surface area contributed by atoms with Gasteiger partial charge in [0.25, 0.3) is 0 Å². The Bertz CT molecular complexity index is 1170. The van der Waals surface area contributed by atoms with Crippen molar-refractivity contribution in [3.63, 3.8) is 0 Å². The van der Waals surface area contributed by atoms with Crippen molar-refractivity contribution in [2.24, 2.45) is 0 Å². The zero-order valence-corrected chi connectivity index (χ0v) is 19.9. The Morgan fingerprint density at radius 3 is 1.71 bits per heavy atom. The second-order valence-electron chi connectivity index (χ2n) is 7.94. The Morgan fingerprint density at radius 1 is 0.800 bits per heavy atom. The van der Waals surface area contributed by atoms with Gasteiger partial charge in [-0.25, -0.2) is 17.6 Å². The minimum Gasteiger partial charge on any atom is -0.363 e. The van der Waals surface area contributed by atoms with Gasteiger partial charge in [-0.2, -0.15) is 0 Å². The molecule has 3 aromatic rings. The Morgan fingerprint density at radius 2 is 1.26 bits per heavy atom. The minimum atomic E-state index is -1.64. The SMILES string of the molecule is O=C(NC(=S)N1CCN(c2c(F)c(F)c(Cl)c(F)c2F)CC1)C(c1ccccc1)c1ccccc1. The van der Waals surface area contributed by atoms with Gasteiger partial charge in [-0.05, 0) is 23.3 Å². The van der Waals surface area contributed by atoms with Crippen LogP contribution in [0.3, 0.4) is 0 Å². The van der Waals surface area contributed by atoms with E-state index in [1.807, 2.05) is 60.7 Å². The topological polar surface area (TPSA) is 35.6 Å². The van der Waals surface area contributed by atoms with Crippen molar-refractivity contribution in [2.75, 3.05) is 31.1 Å². The highest BCUT2D eigenvalue weighted by molar-refractivity contribution is 7.80. The fraction of sp³-hybridized carbons (Fsp3) is 0.200. The van der Waals surface area contributed by atoms with Crippen LogP contribution in [-0.4, -0.2) is 42.1 Å². The van der Waals surface area contributed by atoms with Crippen molar-refractivity contribution in [1.29, 1.82) is 0 Å². The first kappa shape index (κ1) is 24.9. The minimum absolute atomic E-state index is 0.0190. The van der Waals surface area contributed by atoms with E-state index >= 15 is 0 Å². The van der Waals surface area contributed by atoms with Gasteiger partial charge in [0.15, 0.2) is 28.4 Å². The fourth-order valence-electron chi connectivity index (χ4n) is 4.05. The Kier molecular flexibility index (Phi) is 7.57. The highest BCUT2D eigenvalue weighted by Crippen LogP contribution is 2.34. The predicted octanol–water partition coefficient (Wildman–Crippen LogP) is 5.25. The van der Waals surface area contributed by atoms with Gasteiger partial charge in [0, 0.05) is 26.2 Å². The molecule has 0 aliphatic carbocycles. The number of hydrogen-bond acceptors (Lipinski definition) is 3. The van der Waals surface area contributed by atoms with Crippen molar-refractivity contribution in [1.82, 2.24) is 10.2 Å². The van der Waals surface area contributed by atoms with Crippen LogP contribution >= 0.6 is 23.8 Å². The van der Waals surface area contributed by atoms with Crippen LogP contribution in [-0.2, 0) is 4.79 Å². The van der Waals surface area contributed by atoms with Crippen molar-refractivity contribution in [2.45, 2.75) is 5.92 Å². The van der Waals surface area contributed by atoms with Gasteiger partial charge < -0.3 is 15.1 Å². The lowest BCUT2D eigenvalue weighted by Crippen LogP contribution is -2.53. The van der Waals surface area contributed by atoms with Crippen LogP contribution in [0, 0.1) is 23.3 Å². The van der Waals surface area contributed by atoms with E-state index in [0.29, 0.717) is 0 Å². The van der Waals surface area contributed by atoms with Crippen molar-refractivity contribution < 1.29 is 22.4 Å². The standard InChI is InChI=1S/C25H20ClF4N3OS/c26-18-19(27)21(29)23(22(30)20(18)28)32-11-13-33(14-12-32)25(35)31-24(34)17(15-7-3-1-4-8-15)16-9-5-2-6-10-16/h1-10,17H,11-14H2,(H,31,34,35). The number of nitrogens with zero attached hydrogens (tertiary/aromatic N) is 2. The Labute approximate surface area is 210 Å². The van der Waals surface area contributed by atoms with E-state index in [-0.39, 0.29) is 37.2 Å². The monoisotopic (exact) mass is 521 g/mol. The third-order valence-corrected chi connectivity index (χ3v) is 6.52. The summed E-state index contributed by atoms with van der Waals surface area (Å²) in [6.45, 7) is 0.382.